The van der Waals surface area contributed by atoms with Gasteiger partial charge in [-0.05, 0) is 36.4 Å². The van der Waals surface area contributed by atoms with Gasteiger partial charge in [-0.2, -0.15) is 13.2 Å². The molecular formula is C17H12F4N2O3. The van der Waals surface area contributed by atoms with Crippen molar-refractivity contribution in [3.8, 4) is 5.88 Å². The quantitative estimate of drug-likeness (QED) is 0.692. The molecule has 0 bridgehead atoms. The average Bonchev–Trinajstić information content (AvgIpc) is 2.92. The van der Waals surface area contributed by atoms with Gasteiger partial charge < -0.3 is 14.4 Å². The summed E-state index contributed by atoms with van der Waals surface area (Å²) in [6.07, 6.45) is -3.45. The summed E-state index contributed by atoms with van der Waals surface area (Å²) in [5.74, 6) is -2.35. The number of ether oxygens (including phenoxy) is 1. The van der Waals surface area contributed by atoms with E-state index in [0.717, 1.165) is 12.1 Å². The number of carboxylic acid groups (broad SMARTS) is 1. The zero-order chi connectivity index (χ0) is 18.9. The van der Waals surface area contributed by atoms with Crippen LogP contribution in [0.2, 0.25) is 0 Å². The van der Waals surface area contributed by atoms with Crippen molar-refractivity contribution in [2.45, 2.75) is 12.7 Å². The first-order valence-electron chi connectivity index (χ1n) is 7.44. The predicted octanol–water partition coefficient (Wildman–Crippen LogP) is 3.97. The van der Waals surface area contributed by atoms with Gasteiger partial charge in [-0.25, -0.2) is 14.2 Å². The van der Waals surface area contributed by atoms with Crippen LogP contribution < -0.4 is 4.74 Å². The van der Waals surface area contributed by atoms with Gasteiger partial charge in [0.15, 0.2) is 0 Å². The summed E-state index contributed by atoms with van der Waals surface area (Å²) in [6.45, 7) is -0.299. The third kappa shape index (κ3) is 3.46. The molecule has 0 aliphatic heterocycles. The summed E-state index contributed by atoms with van der Waals surface area (Å²) in [7, 11) is 0. The maximum atomic E-state index is 13.3. The normalized spacial score (nSPS) is 11.7. The van der Waals surface area contributed by atoms with Crippen molar-refractivity contribution in [2.24, 2.45) is 0 Å². The SMILES string of the molecule is O=C(O)c1cc2cc(F)ccc2n1CCOc1ncccc1C(F)(F)F. The molecule has 2 heterocycles. The highest BCUT2D eigenvalue weighted by molar-refractivity contribution is 5.94. The van der Waals surface area contributed by atoms with Crippen LogP contribution in [0.4, 0.5) is 17.6 Å². The van der Waals surface area contributed by atoms with E-state index in [1.165, 1.54) is 35.0 Å². The maximum absolute atomic E-state index is 13.3. The molecule has 0 amide bonds. The lowest BCUT2D eigenvalue weighted by Crippen LogP contribution is -2.16. The fourth-order valence-electron chi connectivity index (χ4n) is 2.62. The number of benzene rings is 1. The van der Waals surface area contributed by atoms with E-state index < -0.39 is 29.4 Å². The summed E-state index contributed by atoms with van der Waals surface area (Å²) >= 11 is 0. The molecule has 0 unspecified atom stereocenters. The van der Waals surface area contributed by atoms with Gasteiger partial charge in [0.2, 0.25) is 5.88 Å². The van der Waals surface area contributed by atoms with E-state index in [9.17, 15) is 27.5 Å². The molecule has 136 valence electrons. The molecule has 2 aromatic heterocycles. The number of carboxylic acids is 1. The highest BCUT2D eigenvalue weighted by Crippen LogP contribution is 2.34. The van der Waals surface area contributed by atoms with Crippen molar-refractivity contribution in [3.63, 3.8) is 0 Å². The molecule has 26 heavy (non-hydrogen) atoms. The Kier molecular flexibility index (Phi) is 4.54. The number of hydrogen-bond acceptors (Lipinski definition) is 3. The van der Waals surface area contributed by atoms with E-state index in [-0.39, 0.29) is 18.8 Å². The molecule has 0 aliphatic rings. The number of nitrogens with zero attached hydrogens (tertiary/aromatic N) is 2. The third-order valence-corrected chi connectivity index (χ3v) is 3.71. The average molecular weight is 368 g/mol. The molecule has 0 spiro atoms. The van der Waals surface area contributed by atoms with Crippen molar-refractivity contribution in [1.82, 2.24) is 9.55 Å². The molecule has 3 aromatic rings. The van der Waals surface area contributed by atoms with Crippen LogP contribution in [0.5, 0.6) is 5.88 Å². The standard InChI is InChI=1S/C17H12F4N2O3/c18-11-3-4-13-10(8-11)9-14(16(24)25)23(13)6-7-26-15-12(17(19,20)21)2-1-5-22-15/h1-5,8-9H,6-7H2,(H,24,25). The van der Waals surface area contributed by atoms with Crippen molar-refractivity contribution in [3.05, 3.63) is 59.7 Å². The first-order valence-corrected chi connectivity index (χ1v) is 7.44. The molecule has 0 atom stereocenters. The number of alkyl halides is 3. The van der Waals surface area contributed by atoms with Crippen molar-refractivity contribution in [2.75, 3.05) is 6.61 Å². The number of rotatable bonds is 5. The Morgan fingerprint density at radius 3 is 2.69 bits per heavy atom. The van der Waals surface area contributed by atoms with Crippen LogP contribution in [-0.2, 0) is 12.7 Å². The molecule has 5 nitrogen and oxygen atoms in total. The fourth-order valence-corrected chi connectivity index (χ4v) is 2.62. The van der Waals surface area contributed by atoms with Gasteiger partial charge >= 0.3 is 12.1 Å². The number of pyridine rings is 1. The van der Waals surface area contributed by atoms with Crippen molar-refractivity contribution < 1.29 is 32.2 Å². The summed E-state index contributed by atoms with van der Waals surface area (Å²) < 4.78 is 58.6. The summed E-state index contributed by atoms with van der Waals surface area (Å²) in [5.41, 5.74) is -0.700. The topological polar surface area (TPSA) is 64.3 Å². The molecule has 0 radical (unpaired) electrons. The van der Waals surface area contributed by atoms with Crippen LogP contribution in [0.1, 0.15) is 16.1 Å². The number of fused-ring (bicyclic) bond motifs is 1. The number of aromatic carboxylic acids is 1. The summed E-state index contributed by atoms with van der Waals surface area (Å²) in [6, 6.07) is 7.04. The maximum Gasteiger partial charge on any atom is 0.421 e. The molecule has 9 heteroatoms. The largest absolute Gasteiger partial charge is 0.477 e. The Hall–Kier alpha value is -3.10. The van der Waals surface area contributed by atoms with E-state index in [4.69, 9.17) is 4.74 Å². The van der Waals surface area contributed by atoms with Gasteiger partial charge in [-0.3, -0.25) is 0 Å². The minimum atomic E-state index is -4.62. The number of hydrogen-bond donors (Lipinski definition) is 1. The number of aromatic nitrogens is 2. The summed E-state index contributed by atoms with van der Waals surface area (Å²) in [4.78, 5) is 15.0. The first kappa shape index (κ1) is 17.7. The van der Waals surface area contributed by atoms with Crippen molar-refractivity contribution >= 4 is 16.9 Å². The van der Waals surface area contributed by atoms with Crippen LogP contribution >= 0.6 is 0 Å². The molecule has 0 aliphatic carbocycles. The molecule has 0 fully saturated rings. The second-order valence-corrected chi connectivity index (χ2v) is 5.39. The zero-order valence-electron chi connectivity index (χ0n) is 13.1. The molecule has 1 N–H and O–H groups in total. The number of halogens is 4. The minimum absolute atomic E-state index is 0.0510. The van der Waals surface area contributed by atoms with Crippen LogP contribution in [0, 0.1) is 5.82 Å². The second kappa shape index (κ2) is 6.66. The Bertz CT molecular complexity index is 966. The van der Waals surface area contributed by atoms with Crippen LogP contribution in [0.15, 0.2) is 42.6 Å². The zero-order valence-corrected chi connectivity index (χ0v) is 13.1. The first-order chi connectivity index (χ1) is 12.3. The third-order valence-electron chi connectivity index (χ3n) is 3.71. The van der Waals surface area contributed by atoms with Crippen LogP contribution in [-0.4, -0.2) is 27.2 Å². The van der Waals surface area contributed by atoms with E-state index in [0.29, 0.717) is 10.9 Å². The van der Waals surface area contributed by atoms with E-state index >= 15 is 0 Å². The smallest absolute Gasteiger partial charge is 0.421 e. The molecule has 0 saturated carbocycles. The molecule has 3 rings (SSSR count). The highest BCUT2D eigenvalue weighted by atomic mass is 19.4. The molecule has 0 saturated heterocycles. The Morgan fingerprint density at radius 1 is 1.23 bits per heavy atom. The van der Waals surface area contributed by atoms with Crippen molar-refractivity contribution in [1.29, 1.82) is 0 Å². The van der Waals surface area contributed by atoms with E-state index in [2.05, 4.69) is 4.98 Å². The predicted molar refractivity (Wildman–Crippen MR) is 83.6 cm³/mol. The van der Waals surface area contributed by atoms with Gasteiger partial charge in [0.1, 0.15) is 23.7 Å². The second-order valence-electron chi connectivity index (χ2n) is 5.39. The van der Waals surface area contributed by atoms with Crippen LogP contribution in [0.25, 0.3) is 10.9 Å². The van der Waals surface area contributed by atoms with Gasteiger partial charge in [-0.1, -0.05) is 0 Å². The van der Waals surface area contributed by atoms with E-state index in [1.807, 2.05) is 0 Å². The Labute approximate surface area is 144 Å². The molecular weight excluding hydrogens is 356 g/mol. The lowest BCUT2D eigenvalue weighted by molar-refractivity contribution is -0.139. The Morgan fingerprint density at radius 2 is 2.00 bits per heavy atom. The van der Waals surface area contributed by atoms with E-state index in [1.54, 1.807) is 0 Å². The van der Waals surface area contributed by atoms with Gasteiger partial charge in [0.05, 0.1) is 6.54 Å². The minimum Gasteiger partial charge on any atom is -0.477 e. The summed E-state index contributed by atoms with van der Waals surface area (Å²) in [5, 5.41) is 9.66. The van der Waals surface area contributed by atoms with Gasteiger partial charge in [-0.15, -0.1) is 0 Å². The lowest BCUT2D eigenvalue weighted by Gasteiger charge is -2.13. The van der Waals surface area contributed by atoms with Gasteiger partial charge in [0, 0.05) is 17.1 Å². The van der Waals surface area contributed by atoms with Gasteiger partial charge in [0.25, 0.3) is 0 Å². The monoisotopic (exact) mass is 368 g/mol. The van der Waals surface area contributed by atoms with Crippen LogP contribution in [0.3, 0.4) is 0 Å². The highest BCUT2D eigenvalue weighted by Gasteiger charge is 2.35. The number of carbonyl (C=O) groups is 1. The lowest BCUT2D eigenvalue weighted by atomic mass is 10.2. The fraction of sp³-hybridized carbons (Fsp3) is 0.176. The Balaban J connectivity index is 1.85. The molecule has 1 aromatic carbocycles.